The lowest BCUT2D eigenvalue weighted by Crippen LogP contribution is -2.37. The summed E-state index contributed by atoms with van der Waals surface area (Å²) in [5, 5.41) is 12.8. The third kappa shape index (κ3) is 7.91. The molecule has 0 aromatic heterocycles. The Morgan fingerprint density at radius 3 is 2.44 bits per heavy atom. The number of hydrogen-bond acceptors (Lipinski definition) is 7. The van der Waals surface area contributed by atoms with Gasteiger partial charge in [0.25, 0.3) is 0 Å². The fraction of sp³-hybridized carbons (Fsp3) is 0.267. The average Bonchev–Trinajstić information content (AvgIpc) is 3.32. The highest BCUT2D eigenvalue weighted by Crippen LogP contribution is 2.28. The smallest absolute Gasteiger partial charge is 0.416 e. The Hall–Kier alpha value is -4.66. The van der Waals surface area contributed by atoms with Crippen molar-refractivity contribution in [3.05, 3.63) is 101 Å². The number of carbonyl (C=O) groups is 2. The van der Waals surface area contributed by atoms with Gasteiger partial charge in [0.05, 0.1) is 19.4 Å². The van der Waals surface area contributed by atoms with Crippen molar-refractivity contribution < 1.29 is 33.6 Å². The van der Waals surface area contributed by atoms with Crippen LogP contribution in [0.3, 0.4) is 0 Å². The summed E-state index contributed by atoms with van der Waals surface area (Å²) in [5.74, 6) is 1.28. The minimum atomic E-state index is -1.14. The fourth-order valence-electron chi connectivity index (χ4n) is 4.12. The molecule has 0 saturated carbocycles. The molecule has 0 aliphatic carbocycles. The molecule has 0 saturated heterocycles. The Morgan fingerprint density at radius 2 is 1.72 bits per heavy atom. The van der Waals surface area contributed by atoms with Crippen LogP contribution in [0.5, 0.6) is 17.2 Å². The fourth-order valence-corrected chi connectivity index (χ4v) is 4.12. The van der Waals surface area contributed by atoms with Gasteiger partial charge < -0.3 is 29.4 Å². The third-order valence-corrected chi connectivity index (χ3v) is 6.09. The summed E-state index contributed by atoms with van der Waals surface area (Å²) in [6, 6.07) is 23.7. The second-order valence-corrected chi connectivity index (χ2v) is 8.98. The number of nitrogens with one attached hydrogen (secondary N) is 1. The van der Waals surface area contributed by atoms with E-state index in [0.29, 0.717) is 18.1 Å². The SMILES string of the molecule is COc1ccc(OC(=O)N(CC(=O)O)Cc2cccc(OCCCC3=C(C)OC(c4ccccc4)N3)c2)cc1. The number of amides is 1. The predicted molar refractivity (Wildman–Crippen MR) is 144 cm³/mol. The van der Waals surface area contributed by atoms with E-state index in [1.165, 1.54) is 7.11 Å². The zero-order valence-electron chi connectivity index (χ0n) is 22.0. The molecule has 3 aromatic rings. The Bertz CT molecular complexity index is 1290. The van der Waals surface area contributed by atoms with E-state index in [1.807, 2.05) is 49.4 Å². The topological polar surface area (TPSA) is 107 Å². The van der Waals surface area contributed by atoms with Gasteiger partial charge in [0.2, 0.25) is 0 Å². The van der Waals surface area contributed by atoms with Gasteiger partial charge in [-0.25, -0.2) is 4.79 Å². The monoisotopic (exact) mass is 532 g/mol. The van der Waals surface area contributed by atoms with Gasteiger partial charge in [-0.2, -0.15) is 0 Å². The summed E-state index contributed by atoms with van der Waals surface area (Å²) < 4.78 is 22.4. The van der Waals surface area contributed by atoms with Crippen molar-refractivity contribution in [3.63, 3.8) is 0 Å². The van der Waals surface area contributed by atoms with E-state index in [4.69, 9.17) is 18.9 Å². The molecule has 39 heavy (non-hydrogen) atoms. The second kappa shape index (κ2) is 13.2. The second-order valence-electron chi connectivity index (χ2n) is 8.98. The molecule has 204 valence electrons. The summed E-state index contributed by atoms with van der Waals surface area (Å²) in [6.07, 6.45) is 0.605. The van der Waals surface area contributed by atoms with Crippen molar-refractivity contribution in [2.24, 2.45) is 0 Å². The highest BCUT2D eigenvalue weighted by Gasteiger charge is 2.23. The summed E-state index contributed by atoms with van der Waals surface area (Å²) in [5.41, 5.74) is 2.85. The van der Waals surface area contributed by atoms with Crippen LogP contribution in [0.1, 0.15) is 37.1 Å². The first-order valence-electron chi connectivity index (χ1n) is 12.6. The highest BCUT2D eigenvalue weighted by atomic mass is 16.6. The summed E-state index contributed by atoms with van der Waals surface area (Å²) in [4.78, 5) is 25.3. The Labute approximate surface area is 227 Å². The van der Waals surface area contributed by atoms with Crippen LogP contribution in [0.15, 0.2) is 90.3 Å². The number of ether oxygens (including phenoxy) is 4. The van der Waals surface area contributed by atoms with Gasteiger partial charge in [0.15, 0.2) is 6.23 Å². The number of nitrogens with zero attached hydrogens (tertiary/aromatic N) is 1. The normalized spacial score (nSPS) is 14.3. The molecule has 0 fully saturated rings. The minimum Gasteiger partial charge on any atom is -0.497 e. The van der Waals surface area contributed by atoms with Crippen molar-refractivity contribution in [2.75, 3.05) is 20.3 Å². The lowest BCUT2D eigenvalue weighted by atomic mass is 10.2. The van der Waals surface area contributed by atoms with Gasteiger partial charge in [0, 0.05) is 12.1 Å². The van der Waals surface area contributed by atoms with E-state index in [9.17, 15) is 14.7 Å². The quantitative estimate of drug-likeness (QED) is 0.295. The van der Waals surface area contributed by atoms with E-state index >= 15 is 0 Å². The maximum absolute atomic E-state index is 12.7. The predicted octanol–water partition coefficient (Wildman–Crippen LogP) is 5.49. The van der Waals surface area contributed by atoms with E-state index in [2.05, 4.69) is 5.32 Å². The molecule has 9 nitrogen and oxygen atoms in total. The first kappa shape index (κ1) is 27.4. The lowest BCUT2D eigenvalue weighted by molar-refractivity contribution is -0.138. The first-order valence-corrected chi connectivity index (χ1v) is 12.6. The van der Waals surface area contributed by atoms with Gasteiger partial charge in [-0.3, -0.25) is 9.69 Å². The molecule has 0 bridgehead atoms. The molecule has 1 amide bonds. The van der Waals surface area contributed by atoms with Crippen LogP contribution in [-0.4, -0.2) is 42.3 Å². The standard InChI is InChI=1S/C30H32N2O7/c1-21-27(31-29(38-21)23-9-4-3-5-10-23)12-7-17-37-26-11-6-8-22(18-26)19-32(20-28(33)34)30(35)39-25-15-13-24(36-2)14-16-25/h3-6,8-11,13-16,18,29,31H,7,12,17,19-20H2,1-2H3,(H,33,34). The van der Waals surface area contributed by atoms with E-state index in [1.54, 1.807) is 36.4 Å². The number of allylic oxidation sites excluding steroid dienone is 2. The number of aliphatic carboxylic acids is 1. The van der Waals surface area contributed by atoms with Crippen molar-refractivity contribution in [1.29, 1.82) is 0 Å². The Balaban J connectivity index is 1.28. The summed E-state index contributed by atoms with van der Waals surface area (Å²) in [6.45, 7) is 1.98. The molecule has 1 aliphatic heterocycles. The van der Waals surface area contributed by atoms with Gasteiger partial charge in [-0.05, 0) is 61.7 Å². The number of carboxylic acid groups (broad SMARTS) is 1. The van der Waals surface area contributed by atoms with Gasteiger partial charge in [-0.1, -0.05) is 42.5 Å². The van der Waals surface area contributed by atoms with Crippen LogP contribution in [0.2, 0.25) is 0 Å². The lowest BCUT2D eigenvalue weighted by Gasteiger charge is -2.20. The molecular formula is C30H32N2O7. The highest BCUT2D eigenvalue weighted by molar-refractivity contribution is 5.78. The summed E-state index contributed by atoms with van der Waals surface area (Å²) in [7, 11) is 1.54. The molecule has 1 unspecified atom stereocenters. The number of hydrogen-bond donors (Lipinski definition) is 2. The van der Waals surface area contributed by atoms with Crippen LogP contribution < -0.4 is 19.5 Å². The van der Waals surface area contributed by atoms with E-state index < -0.39 is 18.6 Å². The Morgan fingerprint density at radius 1 is 0.974 bits per heavy atom. The molecule has 4 rings (SSSR count). The molecule has 0 radical (unpaired) electrons. The maximum atomic E-state index is 12.7. The molecule has 3 aromatic carbocycles. The van der Waals surface area contributed by atoms with E-state index in [0.717, 1.165) is 40.3 Å². The Kier molecular flexibility index (Phi) is 9.29. The molecule has 2 N–H and O–H groups in total. The first-order chi connectivity index (χ1) is 18.9. The zero-order chi connectivity index (χ0) is 27.6. The number of benzene rings is 3. The van der Waals surface area contributed by atoms with Crippen LogP contribution in [-0.2, 0) is 16.1 Å². The molecule has 1 aliphatic rings. The van der Waals surface area contributed by atoms with Crippen molar-refractivity contribution >= 4 is 12.1 Å². The van der Waals surface area contributed by atoms with Crippen LogP contribution in [0, 0.1) is 0 Å². The zero-order valence-corrected chi connectivity index (χ0v) is 22.0. The molecule has 9 heteroatoms. The number of carboxylic acids is 1. The maximum Gasteiger partial charge on any atom is 0.416 e. The van der Waals surface area contributed by atoms with Crippen molar-refractivity contribution in [1.82, 2.24) is 10.2 Å². The minimum absolute atomic E-state index is 0.0483. The van der Waals surface area contributed by atoms with Crippen molar-refractivity contribution in [3.8, 4) is 17.2 Å². The molecule has 0 spiro atoms. The van der Waals surface area contributed by atoms with Gasteiger partial charge >= 0.3 is 12.1 Å². The number of rotatable bonds is 12. The molecular weight excluding hydrogens is 500 g/mol. The number of methoxy groups -OCH3 is 1. The largest absolute Gasteiger partial charge is 0.497 e. The summed E-state index contributed by atoms with van der Waals surface area (Å²) >= 11 is 0. The molecule has 1 atom stereocenters. The van der Waals surface area contributed by atoms with Crippen molar-refractivity contribution in [2.45, 2.75) is 32.5 Å². The van der Waals surface area contributed by atoms with Gasteiger partial charge in [0.1, 0.15) is 29.6 Å². The van der Waals surface area contributed by atoms with Crippen LogP contribution in [0.25, 0.3) is 0 Å². The third-order valence-electron chi connectivity index (χ3n) is 6.09. The number of carbonyl (C=O) groups excluding carboxylic acids is 1. The van der Waals surface area contributed by atoms with Gasteiger partial charge in [-0.15, -0.1) is 0 Å². The van der Waals surface area contributed by atoms with Crippen LogP contribution in [0.4, 0.5) is 4.79 Å². The van der Waals surface area contributed by atoms with E-state index in [-0.39, 0.29) is 18.5 Å². The molecule has 1 heterocycles. The average molecular weight is 533 g/mol. The van der Waals surface area contributed by atoms with Crippen LogP contribution >= 0.6 is 0 Å².